The lowest BCUT2D eigenvalue weighted by Crippen LogP contribution is -1.84. The summed E-state index contributed by atoms with van der Waals surface area (Å²) in [5, 5.41) is 12.8. The van der Waals surface area contributed by atoms with E-state index >= 15 is 0 Å². The van der Waals surface area contributed by atoms with Gasteiger partial charge in [0, 0.05) is 107 Å². The van der Waals surface area contributed by atoms with Crippen LogP contribution in [0.5, 0.6) is 0 Å². The fourth-order valence-electron chi connectivity index (χ4n) is 4.04. The Balaban J connectivity index is 0.000000361. The number of rotatable bonds is 0. The van der Waals surface area contributed by atoms with Gasteiger partial charge in [-0.05, 0) is 117 Å². The van der Waals surface area contributed by atoms with Crippen LogP contribution in [-0.4, -0.2) is 81.8 Å². The highest BCUT2D eigenvalue weighted by Crippen LogP contribution is 2.11. The van der Waals surface area contributed by atoms with Gasteiger partial charge in [0.1, 0.15) is 5.82 Å². The molecule has 0 amide bonds. The second kappa shape index (κ2) is 34.7. The molecule has 0 bridgehead atoms. The minimum atomic E-state index is 0.484. The zero-order chi connectivity index (χ0) is 48.2. The average molecular weight is 939 g/mol. The molecule has 9 N–H and O–H groups in total. The van der Waals surface area contributed by atoms with Gasteiger partial charge in [-0.1, -0.05) is 12.2 Å². The van der Waals surface area contributed by atoms with Gasteiger partial charge in [0.25, 0.3) is 0 Å². The molecule has 0 atom stereocenters. The van der Waals surface area contributed by atoms with Crippen molar-refractivity contribution in [3.05, 3.63) is 151 Å². The number of hydrogen-bond donors (Lipinski definition) is 6. The van der Waals surface area contributed by atoms with Crippen molar-refractivity contribution >= 4 is 68.9 Å². The maximum Gasteiger partial charge on any atom is 0.197 e. The predicted molar refractivity (Wildman–Crippen MR) is 278 cm³/mol. The Morgan fingerprint density at radius 2 is 1.45 bits per heavy atom. The van der Waals surface area contributed by atoms with Crippen molar-refractivity contribution < 1.29 is 0 Å². The predicted octanol–water partition coefficient (Wildman–Crippen LogP) is 10.4. The fraction of sp³-hybridized carbons (Fsp3) is 0.304. The monoisotopic (exact) mass is 938 g/mol. The van der Waals surface area contributed by atoms with Crippen molar-refractivity contribution in [2.24, 2.45) is 15.0 Å². The number of aryl methyl sites for hydroxylation is 7. The number of anilines is 3. The molecule has 0 fully saturated rings. The van der Waals surface area contributed by atoms with Crippen LogP contribution < -0.4 is 17.2 Å². The number of allylic oxidation sites excluding steroid dienone is 4. The first kappa shape index (κ1) is 56.3. The molecule has 7 aromatic rings. The third-order valence-corrected chi connectivity index (χ3v) is 9.83. The molecular formula is C46H66N16S3. The highest BCUT2D eigenvalue weighted by atomic mass is 32.1. The molecule has 10 heterocycles. The Morgan fingerprint density at radius 3 is 1.62 bits per heavy atom. The van der Waals surface area contributed by atoms with Crippen LogP contribution in [0, 0.1) is 48.5 Å². The number of hydrogen-bond acceptors (Lipinski definition) is 16. The van der Waals surface area contributed by atoms with Crippen molar-refractivity contribution in [1.82, 2.24) is 50.1 Å². The van der Waals surface area contributed by atoms with Crippen LogP contribution in [0.3, 0.4) is 0 Å². The molecule has 3 aliphatic heterocycles. The van der Waals surface area contributed by atoms with Gasteiger partial charge in [-0.15, -0.1) is 34.0 Å². The van der Waals surface area contributed by atoms with Gasteiger partial charge in [0.2, 0.25) is 0 Å². The smallest absolute Gasteiger partial charge is 0.197 e. The molecule has 7 aromatic heterocycles. The number of aromatic amines is 3. The number of nitrogens with zero attached hydrogens (tertiary/aromatic N) is 10. The topological polar surface area (TPSA) is 253 Å². The lowest BCUT2D eigenvalue weighted by Gasteiger charge is -1.85. The van der Waals surface area contributed by atoms with Crippen molar-refractivity contribution in [3.8, 4) is 0 Å². The quantitative estimate of drug-likeness (QED) is 0.0839. The maximum absolute atomic E-state index is 5.29. The summed E-state index contributed by atoms with van der Waals surface area (Å²) in [6, 6.07) is 5.86. The number of H-pyrrole nitrogens is 3. The average Bonchev–Trinajstić information content (AvgIpc) is 4.10. The van der Waals surface area contributed by atoms with E-state index in [1.165, 1.54) is 45.0 Å². The van der Waals surface area contributed by atoms with E-state index in [-0.39, 0.29) is 0 Å². The largest absolute Gasteiger partial charge is 0.375 e. The van der Waals surface area contributed by atoms with Gasteiger partial charge in [-0.3, -0.25) is 30.0 Å². The molecule has 348 valence electrons. The molecule has 0 unspecified atom stereocenters. The molecule has 0 spiro atoms. The number of imidazole rings is 2. The Labute approximate surface area is 396 Å². The SMILES string of the molecule is CC1=C(C)CN=C1.CC1=CCC=N1.CC1=CCN=C1.Cc1ccn[nH]1.Cc1ccncc1.Cc1cnc(N)[nH]1.Cc1cnc(N)s1.Cc1csc(N)n1.Cc1ncc[nH]1.Cc1nccs1. The minimum absolute atomic E-state index is 0.484. The highest BCUT2D eigenvalue weighted by Gasteiger charge is 1.97. The number of aromatic nitrogens is 10. The van der Waals surface area contributed by atoms with Crippen molar-refractivity contribution in [1.29, 1.82) is 0 Å². The number of nitrogens with one attached hydrogen (secondary N) is 3. The highest BCUT2D eigenvalue weighted by molar-refractivity contribution is 7.15. The second-order valence-corrected chi connectivity index (χ2v) is 17.1. The Morgan fingerprint density at radius 1 is 0.692 bits per heavy atom. The lowest BCUT2D eigenvalue weighted by atomic mass is 10.2. The molecule has 16 nitrogen and oxygen atoms in total. The van der Waals surface area contributed by atoms with Crippen LogP contribution in [-0.2, 0) is 0 Å². The molecule has 0 saturated heterocycles. The van der Waals surface area contributed by atoms with E-state index in [2.05, 4.69) is 98.0 Å². The minimum Gasteiger partial charge on any atom is -0.375 e. The van der Waals surface area contributed by atoms with E-state index in [9.17, 15) is 0 Å². The zero-order valence-electron chi connectivity index (χ0n) is 39.4. The number of pyridine rings is 1. The second-order valence-electron chi connectivity index (χ2n) is 13.8. The Kier molecular flexibility index (Phi) is 30.1. The molecule has 10 rings (SSSR count). The summed E-state index contributed by atoms with van der Waals surface area (Å²) in [6.45, 7) is 23.8. The molecule has 19 heteroatoms. The molecule has 0 radical (unpaired) electrons. The molecule has 0 saturated carbocycles. The molecule has 0 aromatic carbocycles. The van der Waals surface area contributed by atoms with Gasteiger partial charge >= 0.3 is 0 Å². The van der Waals surface area contributed by atoms with Gasteiger partial charge in [0.05, 0.1) is 23.8 Å². The summed E-state index contributed by atoms with van der Waals surface area (Å²) in [5.74, 6) is 1.45. The normalized spacial score (nSPS) is 11.9. The van der Waals surface area contributed by atoms with Crippen molar-refractivity contribution in [2.75, 3.05) is 30.3 Å². The summed E-state index contributed by atoms with van der Waals surface area (Å²) in [4.78, 5) is 41.9. The maximum atomic E-state index is 5.29. The van der Waals surface area contributed by atoms with E-state index < -0.39 is 0 Å². The number of nitrogens with two attached hydrogens (primary N) is 3. The summed E-state index contributed by atoms with van der Waals surface area (Å²) in [5.41, 5.74) is 25.3. The van der Waals surface area contributed by atoms with E-state index in [4.69, 9.17) is 17.2 Å². The van der Waals surface area contributed by atoms with Gasteiger partial charge in [-0.2, -0.15) is 5.10 Å². The fourth-order valence-corrected chi connectivity index (χ4v) is 5.56. The first-order valence-electron chi connectivity index (χ1n) is 20.3. The van der Waals surface area contributed by atoms with Crippen LogP contribution >= 0.6 is 34.0 Å². The Bertz CT molecular complexity index is 2150. The first-order chi connectivity index (χ1) is 31.0. The van der Waals surface area contributed by atoms with Crippen LogP contribution in [0.25, 0.3) is 0 Å². The van der Waals surface area contributed by atoms with Crippen molar-refractivity contribution in [2.45, 2.75) is 82.6 Å². The van der Waals surface area contributed by atoms with Gasteiger partial charge in [-0.25, -0.2) is 19.9 Å². The molecule has 65 heavy (non-hydrogen) atoms. The van der Waals surface area contributed by atoms with Gasteiger partial charge < -0.3 is 27.2 Å². The number of thiazole rings is 3. The van der Waals surface area contributed by atoms with E-state index in [1.807, 2.05) is 103 Å². The standard InChI is InChI=1S/C6H9N.C6H7N.2C5H7N.C4H7N3.2C4H6N2S.2C4H6N2.C4H5NS/c1-5-3-7-4-6(5)2;1-6-2-4-7-5-3-6;1-5-2-3-6-4-5;1-5-3-2-4-6-5;1-3-2-6-4(5)7-3;1-3-2-7-4(5)6-3;1-3-2-6-4(5)7-3;1-4-5-2-3-6-4;1-4-2-3-5-6-4;1-4-5-2-3-6-4/h3H,4H2,1-2H3;2-5H,1H3;2,4H,3H2,1H3;3-4H,2H2,1H3;2H,1H3,(H3,5,6,7);2*2H,1H3,(H2,5,6);2*2-3H,1H3,(H,5,6);2-3H,1H3. The number of aliphatic imine (C=N–C) groups is 3. The third-order valence-electron chi connectivity index (χ3n) is 7.59. The molecular weight excluding hydrogens is 873 g/mol. The third kappa shape index (κ3) is 32.6. The van der Waals surface area contributed by atoms with Crippen LogP contribution in [0.15, 0.2) is 128 Å². The van der Waals surface area contributed by atoms with E-state index in [0.29, 0.717) is 16.2 Å². The van der Waals surface area contributed by atoms with Crippen LogP contribution in [0.4, 0.5) is 16.2 Å². The summed E-state index contributed by atoms with van der Waals surface area (Å²) in [6.07, 6.45) is 25.1. The van der Waals surface area contributed by atoms with Crippen LogP contribution in [0.1, 0.15) is 72.5 Å². The number of nitrogen functional groups attached to an aromatic ring is 3. The summed E-state index contributed by atoms with van der Waals surface area (Å²) in [7, 11) is 0. The lowest BCUT2D eigenvalue weighted by molar-refractivity contribution is 1.05. The van der Waals surface area contributed by atoms with Crippen LogP contribution in [0.2, 0.25) is 0 Å². The molecule has 0 aliphatic carbocycles. The molecule has 3 aliphatic rings. The first-order valence-corrected chi connectivity index (χ1v) is 22.9. The Hall–Kier alpha value is -6.70. The summed E-state index contributed by atoms with van der Waals surface area (Å²) >= 11 is 4.65. The van der Waals surface area contributed by atoms with E-state index in [0.717, 1.165) is 58.0 Å². The van der Waals surface area contributed by atoms with Crippen molar-refractivity contribution in [3.63, 3.8) is 0 Å². The zero-order valence-corrected chi connectivity index (χ0v) is 41.9. The van der Waals surface area contributed by atoms with Gasteiger partial charge in [0.15, 0.2) is 16.2 Å². The van der Waals surface area contributed by atoms with E-state index in [1.54, 1.807) is 60.9 Å². The summed E-state index contributed by atoms with van der Waals surface area (Å²) < 4.78 is 0.